The molecular weight excluding hydrogens is 326 g/mol. The molecule has 3 rings (SSSR count). The fraction of sp³-hybridized carbons (Fsp3) is 0.550. The van der Waals surface area contributed by atoms with Crippen molar-refractivity contribution in [2.45, 2.75) is 53.1 Å². The molecule has 0 bridgehead atoms. The van der Waals surface area contributed by atoms with Gasteiger partial charge >= 0.3 is 0 Å². The Balaban J connectivity index is 1.59. The van der Waals surface area contributed by atoms with Gasteiger partial charge in [0.25, 0.3) is 0 Å². The Morgan fingerprint density at radius 1 is 1.23 bits per heavy atom. The van der Waals surface area contributed by atoms with Gasteiger partial charge < -0.3 is 5.32 Å². The molecule has 1 amide bonds. The molecule has 0 unspecified atom stereocenters. The molecule has 0 aromatic carbocycles. The van der Waals surface area contributed by atoms with Crippen LogP contribution < -0.4 is 5.32 Å². The third-order valence-electron chi connectivity index (χ3n) is 4.83. The number of likely N-dealkylation sites (tertiary alicyclic amines) is 1. The summed E-state index contributed by atoms with van der Waals surface area (Å²) in [6.45, 7) is 10.7. The molecule has 26 heavy (non-hydrogen) atoms. The summed E-state index contributed by atoms with van der Waals surface area (Å²) in [5, 5.41) is 7.49. The van der Waals surface area contributed by atoms with E-state index >= 15 is 0 Å². The van der Waals surface area contributed by atoms with Crippen molar-refractivity contribution in [1.82, 2.24) is 19.7 Å². The van der Waals surface area contributed by atoms with Crippen molar-refractivity contribution >= 4 is 11.7 Å². The number of nitrogens with one attached hydrogen (secondary N) is 1. The molecule has 1 N–H and O–H groups in total. The molecule has 1 aliphatic rings. The second kappa shape index (κ2) is 7.58. The number of amides is 1. The first-order valence-electron chi connectivity index (χ1n) is 9.33. The first-order chi connectivity index (χ1) is 12.3. The number of pyridine rings is 1. The van der Waals surface area contributed by atoms with Gasteiger partial charge in [-0.05, 0) is 31.9 Å². The Hall–Kier alpha value is -2.21. The van der Waals surface area contributed by atoms with Gasteiger partial charge in [0, 0.05) is 36.8 Å². The molecule has 140 valence electrons. The third-order valence-corrected chi connectivity index (χ3v) is 4.83. The van der Waals surface area contributed by atoms with E-state index in [1.165, 1.54) is 0 Å². The molecule has 0 aliphatic carbocycles. The van der Waals surface area contributed by atoms with Crippen LogP contribution in [0.1, 0.15) is 51.0 Å². The quantitative estimate of drug-likeness (QED) is 0.913. The fourth-order valence-corrected chi connectivity index (χ4v) is 3.25. The lowest BCUT2D eigenvalue weighted by molar-refractivity contribution is -0.123. The Morgan fingerprint density at radius 3 is 2.62 bits per heavy atom. The fourth-order valence-electron chi connectivity index (χ4n) is 3.25. The molecule has 3 heterocycles. The maximum atomic E-state index is 12.3. The van der Waals surface area contributed by atoms with Crippen LogP contribution in [0.5, 0.6) is 0 Å². The van der Waals surface area contributed by atoms with Crippen LogP contribution in [0.3, 0.4) is 0 Å². The number of carbonyl (C=O) groups excluding carboxylic acids is 1. The van der Waals surface area contributed by atoms with E-state index in [-0.39, 0.29) is 5.91 Å². The van der Waals surface area contributed by atoms with Crippen LogP contribution in [0.25, 0.3) is 0 Å². The van der Waals surface area contributed by atoms with Crippen molar-refractivity contribution in [2.24, 2.45) is 5.41 Å². The highest BCUT2D eigenvalue weighted by molar-refractivity contribution is 5.93. The Labute approximate surface area is 155 Å². The highest BCUT2D eigenvalue weighted by Crippen LogP contribution is 2.27. The van der Waals surface area contributed by atoms with E-state index < -0.39 is 5.41 Å². The van der Waals surface area contributed by atoms with Gasteiger partial charge in [-0.25, -0.2) is 4.68 Å². The summed E-state index contributed by atoms with van der Waals surface area (Å²) in [6, 6.07) is 8.39. The lowest BCUT2D eigenvalue weighted by atomic mass is 9.96. The van der Waals surface area contributed by atoms with E-state index in [0.29, 0.717) is 6.04 Å². The van der Waals surface area contributed by atoms with Crippen molar-refractivity contribution in [3.05, 3.63) is 41.9 Å². The van der Waals surface area contributed by atoms with Crippen LogP contribution in [0.4, 0.5) is 5.82 Å². The summed E-state index contributed by atoms with van der Waals surface area (Å²) >= 11 is 0. The number of nitrogens with zero attached hydrogens (tertiary/aromatic N) is 4. The maximum absolute atomic E-state index is 12.3. The highest BCUT2D eigenvalue weighted by Gasteiger charge is 2.26. The number of hydrogen-bond donors (Lipinski definition) is 1. The molecule has 2 aromatic heterocycles. The largest absolute Gasteiger partial charge is 0.310 e. The van der Waals surface area contributed by atoms with E-state index in [1.807, 2.05) is 44.5 Å². The van der Waals surface area contributed by atoms with Crippen LogP contribution >= 0.6 is 0 Å². The monoisotopic (exact) mass is 355 g/mol. The molecular formula is C20H29N5O. The summed E-state index contributed by atoms with van der Waals surface area (Å²) in [7, 11) is 0. The zero-order chi connectivity index (χ0) is 18.7. The average Bonchev–Trinajstić information content (AvgIpc) is 3.03. The number of anilines is 1. The van der Waals surface area contributed by atoms with Gasteiger partial charge in [0.05, 0.1) is 17.9 Å². The van der Waals surface area contributed by atoms with Crippen LogP contribution in [-0.4, -0.2) is 38.7 Å². The molecule has 6 heteroatoms. The number of piperidine rings is 1. The van der Waals surface area contributed by atoms with Gasteiger partial charge in [0.1, 0.15) is 5.82 Å². The SMILES string of the molecule is Cc1cccc(CN2CCC(n3nccc3NC(=O)C(C)(C)C)CC2)n1. The van der Waals surface area contributed by atoms with Crippen LogP contribution in [-0.2, 0) is 11.3 Å². The minimum atomic E-state index is -0.417. The molecule has 1 fully saturated rings. The molecule has 6 nitrogen and oxygen atoms in total. The minimum absolute atomic E-state index is 0.0159. The number of hydrogen-bond acceptors (Lipinski definition) is 4. The van der Waals surface area contributed by atoms with E-state index in [1.54, 1.807) is 6.20 Å². The highest BCUT2D eigenvalue weighted by atomic mass is 16.2. The molecule has 0 radical (unpaired) electrons. The third kappa shape index (κ3) is 4.49. The average molecular weight is 355 g/mol. The number of rotatable bonds is 4. The van der Waals surface area contributed by atoms with Crippen LogP contribution in [0.2, 0.25) is 0 Å². The zero-order valence-electron chi connectivity index (χ0n) is 16.2. The first-order valence-corrected chi connectivity index (χ1v) is 9.33. The summed E-state index contributed by atoms with van der Waals surface area (Å²) in [4.78, 5) is 19.3. The second-order valence-corrected chi connectivity index (χ2v) is 8.14. The number of aromatic nitrogens is 3. The first kappa shape index (κ1) is 18.6. The molecule has 1 saturated heterocycles. The van der Waals surface area contributed by atoms with E-state index in [4.69, 9.17) is 0 Å². The smallest absolute Gasteiger partial charge is 0.230 e. The Kier molecular flexibility index (Phi) is 5.41. The van der Waals surface area contributed by atoms with Crippen LogP contribution in [0, 0.1) is 12.3 Å². The molecule has 2 aromatic rings. The van der Waals surface area contributed by atoms with Crippen molar-refractivity contribution in [2.75, 3.05) is 18.4 Å². The van der Waals surface area contributed by atoms with Crippen molar-refractivity contribution in [3.8, 4) is 0 Å². The number of carbonyl (C=O) groups is 1. The molecule has 0 atom stereocenters. The summed E-state index contributed by atoms with van der Waals surface area (Å²) in [5.74, 6) is 0.811. The van der Waals surface area contributed by atoms with Gasteiger partial charge in [0.2, 0.25) is 5.91 Å². The van der Waals surface area contributed by atoms with Crippen molar-refractivity contribution in [1.29, 1.82) is 0 Å². The predicted molar refractivity (Wildman–Crippen MR) is 103 cm³/mol. The Bertz CT molecular complexity index is 754. The molecule has 0 saturated carbocycles. The minimum Gasteiger partial charge on any atom is -0.310 e. The van der Waals surface area contributed by atoms with Gasteiger partial charge in [-0.1, -0.05) is 26.8 Å². The summed E-state index contributed by atoms with van der Waals surface area (Å²) < 4.78 is 1.98. The molecule has 0 spiro atoms. The Morgan fingerprint density at radius 2 is 1.96 bits per heavy atom. The van der Waals surface area contributed by atoms with E-state index in [0.717, 1.165) is 49.7 Å². The van der Waals surface area contributed by atoms with Gasteiger partial charge in [-0.3, -0.25) is 14.7 Å². The standard InChI is InChI=1S/C20H29N5O/c1-15-6-5-7-16(22-15)14-24-12-9-17(10-13-24)25-18(8-11-21-25)23-19(26)20(2,3)4/h5-8,11,17H,9-10,12-14H2,1-4H3,(H,23,26). The lowest BCUT2D eigenvalue weighted by Crippen LogP contribution is -2.35. The van der Waals surface area contributed by atoms with Gasteiger partial charge in [-0.15, -0.1) is 0 Å². The van der Waals surface area contributed by atoms with Gasteiger partial charge in [0.15, 0.2) is 0 Å². The van der Waals surface area contributed by atoms with Gasteiger partial charge in [-0.2, -0.15) is 5.10 Å². The lowest BCUT2D eigenvalue weighted by Gasteiger charge is -2.32. The van der Waals surface area contributed by atoms with E-state index in [2.05, 4.69) is 32.4 Å². The number of aryl methyl sites for hydroxylation is 1. The van der Waals surface area contributed by atoms with Crippen LogP contribution in [0.15, 0.2) is 30.5 Å². The topological polar surface area (TPSA) is 63.1 Å². The van der Waals surface area contributed by atoms with E-state index in [9.17, 15) is 4.79 Å². The summed E-state index contributed by atoms with van der Waals surface area (Å²) in [6.07, 6.45) is 3.80. The summed E-state index contributed by atoms with van der Waals surface area (Å²) in [5.41, 5.74) is 1.77. The molecule has 1 aliphatic heterocycles. The predicted octanol–water partition coefficient (Wildman–Crippen LogP) is 3.41. The zero-order valence-corrected chi connectivity index (χ0v) is 16.2. The maximum Gasteiger partial charge on any atom is 0.230 e. The van der Waals surface area contributed by atoms with Crippen molar-refractivity contribution in [3.63, 3.8) is 0 Å². The second-order valence-electron chi connectivity index (χ2n) is 8.14. The van der Waals surface area contributed by atoms with Crippen molar-refractivity contribution < 1.29 is 4.79 Å². The normalized spacial score (nSPS) is 16.6.